The number of carbonyl (C=O) groups excluding carboxylic acids is 1. The number of carbonyl (C=O) groups is 1. The van der Waals surface area contributed by atoms with E-state index in [0.717, 1.165) is 18.1 Å². The summed E-state index contributed by atoms with van der Waals surface area (Å²) in [7, 11) is 5.19. The predicted molar refractivity (Wildman–Crippen MR) is 105 cm³/mol. The lowest BCUT2D eigenvalue weighted by Gasteiger charge is -2.19. The number of rotatable bonds is 7. The lowest BCUT2D eigenvalue weighted by atomic mass is 10.1. The number of allylic oxidation sites excluding steroid dienone is 2. The standard InChI is InChI=1S/C20H24F3N5O/c1-14(13-29)18(20(21,22)23)26-19(24-2)17-7-5-6-15(8-17)10-27(3)11-16-9-25-28(4)12-16/h5-9,12-13H,10-11H2,1-4H3,(H,24,26)/b18-14-. The van der Waals surface area contributed by atoms with Gasteiger partial charge in [-0.3, -0.25) is 19.4 Å². The molecular weight excluding hydrogens is 383 g/mol. The fourth-order valence-electron chi connectivity index (χ4n) is 2.88. The lowest BCUT2D eigenvalue weighted by Crippen LogP contribution is -2.33. The van der Waals surface area contributed by atoms with Crippen LogP contribution in [0.3, 0.4) is 0 Å². The van der Waals surface area contributed by atoms with Crippen LogP contribution in [0, 0.1) is 0 Å². The van der Waals surface area contributed by atoms with Gasteiger partial charge >= 0.3 is 6.18 Å². The number of aromatic nitrogens is 2. The molecule has 0 saturated carbocycles. The molecule has 0 aliphatic heterocycles. The van der Waals surface area contributed by atoms with E-state index in [2.05, 4.69) is 20.3 Å². The van der Waals surface area contributed by atoms with Crippen molar-refractivity contribution >= 4 is 12.1 Å². The van der Waals surface area contributed by atoms with Crippen LogP contribution in [0.2, 0.25) is 0 Å². The van der Waals surface area contributed by atoms with Gasteiger partial charge in [0.1, 0.15) is 17.8 Å². The van der Waals surface area contributed by atoms with Crippen LogP contribution in [0.15, 0.2) is 52.9 Å². The molecule has 0 radical (unpaired) electrons. The van der Waals surface area contributed by atoms with Crippen LogP contribution >= 0.6 is 0 Å². The number of nitrogens with zero attached hydrogens (tertiary/aromatic N) is 4. The average molecular weight is 407 g/mol. The Labute approximate surface area is 167 Å². The maximum absolute atomic E-state index is 13.3. The summed E-state index contributed by atoms with van der Waals surface area (Å²) in [5.41, 5.74) is 0.924. The molecule has 0 amide bonds. The summed E-state index contributed by atoms with van der Waals surface area (Å²) >= 11 is 0. The first kappa shape index (κ1) is 22.4. The number of benzene rings is 1. The summed E-state index contributed by atoms with van der Waals surface area (Å²) in [5.74, 6) is 0.0373. The van der Waals surface area contributed by atoms with E-state index in [1.54, 1.807) is 29.1 Å². The Kier molecular flexibility index (Phi) is 7.33. The third kappa shape index (κ3) is 6.28. The van der Waals surface area contributed by atoms with Crippen LogP contribution < -0.4 is 5.32 Å². The predicted octanol–water partition coefficient (Wildman–Crippen LogP) is 3.05. The van der Waals surface area contributed by atoms with Gasteiger partial charge in [0, 0.05) is 50.1 Å². The zero-order valence-electron chi connectivity index (χ0n) is 16.8. The van der Waals surface area contributed by atoms with Gasteiger partial charge in [0.25, 0.3) is 0 Å². The maximum Gasteiger partial charge on any atom is 0.431 e. The van der Waals surface area contributed by atoms with E-state index >= 15 is 0 Å². The number of amidine groups is 1. The van der Waals surface area contributed by atoms with Crippen molar-refractivity contribution in [3.8, 4) is 0 Å². The molecule has 0 unspecified atom stereocenters. The topological polar surface area (TPSA) is 62.5 Å². The highest BCUT2D eigenvalue weighted by atomic mass is 19.4. The molecule has 29 heavy (non-hydrogen) atoms. The second kappa shape index (κ2) is 9.51. The minimum absolute atomic E-state index is 0.0373. The largest absolute Gasteiger partial charge is 0.431 e. The molecule has 156 valence electrons. The molecule has 1 heterocycles. The summed E-state index contributed by atoms with van der Waals surface area (Å²) in [6, 6.07) is 7.11. The normalized spacial score (nSPS) is 13.4. The smallest absolute Gasteiger partial charge is 0.336 e. The van der Waals surface area contributed by atoms with Crippen molar-refractivity contribution in [3.63, 3.8) is 0 Å². The molecule has 2 rings (SSSR count). The lowest BCUT2D eigenvalue weighted by molar-refractivity contribution is -0.108. The van der Waals surface area contributed by atoms with Crippen LogP contribution in [0.25, 0.3) is 0 Å². The zero-order valence-corrected chi connectivity index (χ0v) is 16.8. The fraction of sp³-hybridized carbons (Fsp3) is 0.350. The molecule has 0 bridgehead atoms. The van der Waals surface area contributed by atoms with Crippen molar-refractivity contribution in [2.24, 2.45) is 12.0 Å². The molecular formula is C20H24F3N5O. The summed E-state index contributed by atoms with van der Waals surface area (Å²) in [6.07, 6.45) is -0.798. The highest BCUT2D eigenvalue weighted by Gasteiger charge is 2.36. The molecule has 9 heteroatoms. The van der Waals surface area contributed by atoms with Crippen molar-refractivity contribution in [2.45, 2.75) is 26.2 Å². The molecule has 0 spiro atoms. The van der Waals surface area contributed by atoms with Gasteiger partial charge in [0.05, 0.1) is 6.20 Å². The monoisotopic (exact) mass is 407 g/mol. The first-order chi connectivity index (χ1) is 13.6. The highest BCUT2D eigenvalue weighted by Crippen LogP contribution is 2.26. The van der Waals surface area contributed by atoms with E-state index < -0.39 is 17.4 Å². The number of hydrogen-bond acceptors (Lipinski definition) is 4. The van der Waals surface area contributed by atoms with Gasteiger partial charge in [0.15, 0.2) is 0 Å². The molecule has 0 aliphatic carbocycles. The number of aliphatic imine (C=N–C) groups is 1. The summed E-state index contributed by atoms with van der Waals surface area (Å²) in [6.45, 7) is 2.39. The van der Waals surface area contributed by atoms with Crippen LogP contribution in [-0.2, 0) is 24.9 Å². The van der Waals surface area contributed by atoms with Crippen molar-refractivity contribution in [3.05, 3.63) is 64.6 Å². The Morgan fingerprint density at radius 3 is 2.55 bits per heavy atom. The SMILES string of the molecule is CN=C(N/C(=C(/C)C=O)C(F)(F)F)c1cccc(CN(C)Cc2cnn(C)c2)c1. The molecule has 1 N–H and O–H groups in total. The Balaban J connectivity index is 2.18. The van der Waals surface area contributed by atoms with Gasteiger partial charge in [-0.25, -0.2) is 0 Å². The third-order valence-electron chi connectivity index (χ3n) is 4.19. The second-order valence-electron chi connectivity index (χ2n) is 6.77. The molecule has 0 aliphatic rings. The van der Waals surface area contributed by atoms with Gasteiger partial charge in [-0.05, 0) is 25.6 Å². The van der Waals surface area contributed by atoms with E-state index in [1.807, 2.05) is 26.4 Å². The van der Waals surface area contributed by atoms with Crippen molar-refractivity contribution < 1.29 is 18.0 Å². The highest BCUT2D eigenvalue weighted by molar-refractivity contribution is 6.00. The van der Waals surface area contributed by atoms with Crippen molar-refractivity contribution in [2.75, 3.05) is 14.1 Å². The van der Waals surface area contributed by atoms with Crippen LogP contribution in [-0.4, -0.2) is 47.1 Å². The third-order valence-corrected chi connectivity index (χ3v) is 4.19. The van der Waals surface area contributed by atoms with Gasteiger partial charge in [-0.15, -0.1) is 0 Å². The maximum atomic E-state index is 13.3. The van der Waals surface area contributed by atoms with Gasteiger partial charge in [-0.1, -0.05) is 18.2 Å². The van der Waals surface area contributed by atoms with Crippen LogP contribution in [0.4, 0.5) is 13.2 Å². The van der Waals surface area contributed by atoms with Crippen molar-refractivity contribution in [1.82, 2.24) is 20.0 Å². The molecule has 1 aromatic heterocycles. The van der Waals surface area contributed by atoms with E-state index in [0.29, 0.717) is 18.7 Å². The number of aldehydes is 1. The number of aryl methyl sites for hydroxylation is 1. The number of hydrogen-bond donors (Lipinski definition) is 1. The summed E-state index contributed by atoms with van der Waals surface area (Å²) in [4.78, 5) is 16.9. The number of alkyl halides is 3. The molecule has 6 nitrogen and oxygen atoms in total. The summed E-state index contributed by atoms with van der Waals surface area (Å²) < 4.78 is 41.6. The van der Waals surface area contributed by atoms with Crippen molar-refractivity contribution in [1.29, 1.82) is 0 Å². The summed E-state index contributed by atoms with van der Waals surface area (Å²) in [5, 5.41) is 6.42. The minimum atomic E-state index is -4.69. The molecule has 2 aromatic rings. The second-order valence-corrected chi connectivity index (χ2v) is 6.77. The zero-order chi connectivity index (χ0) is 21.6. The van der Waals surface area contributed by atoms with Crippen LogP contribution in [0.1, 0.15) is 23.6 Å². The average Bonchev–Trinajstić information content (AvgIpc) is 3.05. The quantitative estimate of drug-likeness (QED) is 0.332. The Morgan fingerprint density at radius 1 is 1.31 bits per heavy atom. The van der Waals surface area contributed by atoms with E-state index in [1.165, 1.54) is 7.05 Å². The van der Waals surface area contributed by atoms with Gasteiger partial charge in [0.2, 0.25) is 0 Å². The molecule has 1 aromatic carbocycles. The number of nitrogens with one attached hydrogen (secondary N) is 1. The minimum Gasteiger partial charge on any atom is -0.336 e. The first-order valence-corrected chi connectivity index (χ1v) is 8.86. The van der Waals surface area contributed by atoms with Gasteiger partial charge < -0.3 is 5.32 Å². The van der Waals surface area contributed by atoms with Crippen LogP contribution in [0.5, 0.6) is 0 Å². The first-order valence-electron chi connectivity index (χ1n) is 8.86. The Morgan fingerprint density at radius 2 is 2.00 bits per heavy atom. The van der Waals surface area contributed by atoms with E-state index in [-0.39, 0.29) is 12.1 Å². The Hall–Kier alpha value is -2.94. The van der Waals surface area contributed by atoms with E-state index in [9.17, 15) is 18.0 Å². The fourth-order valence-corrected chi connectivity index (χ4v) is 2.88. The van der Waals surface area contributed by atoms with E-state index in [4.69, 9.17) is 0 Å². The van der Waals surface area contributed by atoms with Gasteiger partial charge in [-0.2, -0.15) is 18.3 Å². The molecule has 0 atom stereocenters. The Bertz CT molecular complexity index is 915. The molecule has 0 fully saturated rings. The number of halogens is 3. The molecule has 0 saturated heterocycles.